The van der Waals surface area contributed by atoms with Crippen molar-refractivity contribution >= 4 is 16.7 Å². The van der Waals surface area contributed by atoms with Gasteiger partial charge in [-0.1, -0.05) is 36.4 Å². The molecule has 3 aromatic rings. The smallest absolute Gasteiger partial charge is 0.255 e. The minimum Gasteiger partial charge on any atom is -0.497 e. The second-order valence-corrected chi connectivity index (χ2v) is 7.64. The van der Waals surface area contributed by atoms with Gasteiger partial charge in [0.2, 0.25) is 0 Å². The van der Waals surface area contributed by atoms with Crippen LogP contribution in [0.4, 0.5) is 0 Å². The molecule has 1 fully saturated rings. The molecule has 1 heterocycles. The molecule has 0 unspecified atom stereocenters. The minimum absolute atomic E-state index is 0.115. The van der Waals surface area contributed by atoms with Gasteiger partial charge in [-0.25, -0.2) is 0 Å². The highest BCUT2D eigenvalue weighted by Gasteiger charge is 2.25. The first-order chi connectivity index (χ1) is 14.7. The summed E-state index contributed by atoms with van der Waals surface area (Å²) in [4.78, 5) is 15.5. The van der Waals surface area contributed by atoms with Crippen molar-refractivity contribution < 1.29 is 14.3 Å². The quantitative estimate of drug-likeness (QED) is 0.633. The maximum Gasteiger partial charge on any atom is 0.255 e. The molecule has 1 saturated heterocycles. The van der Waals surface area contributed by atoms with Crippen LogP contribution in [0.2, 0.25) is 0 Å². The number of likely N-dealkylation sites (tertiary alicyclic amines) is 1. The third kappa shape index (κ3) is 4.26. The zero-order valence-electron chi connectivity index (χ0n) is 17.6. The fraction of sp³-hybridized carbons (Fsp3) is 0.320. The Hall–Kier alpha value is -3.05. The zero-order valence-corrected chi connectivity index (χ0v) is 17.6. The third-order valence-electron chi connectivity index (χ3n) is 5.85. The highest BCUT2D eigenvalue weighted by atomic mass is 16.5. The van der Waals surface area contributed by atoms with Gasteiger partial charge in [0.1, 0.15) is 11.5 Å². The van der Waals surface area contributed by atoms with Crippen molar-refractivity contribution in [3.05, 3.63) is 71.8 Å². The van der Waals surface area contributed by atoms with E-state index in [1.54, 1.807) is 14.2 Å². The second kappa shape index (κ2) is 9.18. The van der Waals surface area contributed by atoms with E-state index in [4.69, 9.17) is 9.47 Å². The number of methoxy groups -OCH3 is 2. The monoisotopic (exact) mass is 404 g/mol. The Morgan fingerprint density at radius 1 is 0.967 bits per heavy atom. The fourth-order valence-electron chi connectivity index (χ4n) is 4.19. The van der Waals surface area contributed by atoms with Crippen LogP contribution in [0.15, 0.2) is 60.7 Å². The van der Waals surface area contributed by atoms with Gasteiger partial charge in [-0.3, -0.25) is 9.69 Å². The Morgan fingerprint density at radius 3 is 2.27 bits per heavy atom. The van der Waals surface area contributed by atoms with Gasteiger partial charge in [-0.05, 0) is 66.5 Å². The molecule has 5 heteroatoms. The van der Waals surface area contributed by atoms with Crippen LogP contribution in [-0.4, -0.2) is 44.7 Å². The molecule has 1 atom stereocenters. The van der Waals surface area contributed by atoms with Crippen LogP contribution in [-0.2, 0) is 0 Å². The molecule has 1 aliphatic rings. The molecular formula is C25H28N2O3. The van der Waals surface area contributed by atoms with Gasteiger partial charge in [0.15, 0.2) is 0 Å². The molecule has 0 spiro atoms. The Kier molecular flexibility index (Phi) is 6.19. The summed E-state index contributed by atoms with van der Waals surface area (Å²) in [5.74, 6) is 1.31. The maximum absolute atomic E-state index is 13.1. The predicted molar refractivity (Wildman–Crippen MR) is 119 cm³/mol. The molecule has 1 aliphatic heterocycles. The molecule has 1 amide bonds. The summed E-state index contributed by atoms with van der Waals surface area (Å²) in [6.07, 6.45) is 2.39. The molecule has 0 aromatic heterocycles. The molecule has 4 rings (SSSR count). The number of amides is 1. The standard InChI is InChI=1S/C25H28N2O3/c1-29-21-11-9-18(10-12-21)23(27-13-5-6-14-27)17-26-25(28)22-15-19-7-3-4-8-20(19)16-24(22)30-2/h3-4,7-12,15-16,23H,5-6,13-14,17H2,1-2H3,(H,26,28)/t23-/m1/s1. The van der Waals surface area contributed by atoms with E-state index < -0.39 is 0 Å². The van der Waals surface area contributed by atoms with Crippen LogP contribution in [0.5, 0.6) is 11.5 Å². The topological polar surface area (TPSA) is 50.8 Å². The van der Waals surface area contributed by atoms with Crippen molar-refractivity contribution in [1.29, 1.82) is 0 Å². The summed E-state index contributed by atoms with van der Waals surface area (Å²) in [7, 11) is 3.27. The summed E-state index contributed by atoms with van der Waals surface area (Å²) in [5.41, 5.74) is 1.74. The lowest BCUT2D eigenvalue weighted by Crippen LogP contribution is -2.36. The van der Waals surface area contributed by atoms with Crippen molar-refractivity contribution in [2.24, 2.45) is 0 Å². The molecule has 30 heavy (non-hydrogen) atoms. The first kappa shape index (κ1) is 20.2. The summed E-state index contributed by atoms with van der Waals surface area (Å²) < 4.78 is 10.8. The number of nitrogens with zero attached hydrogens (tertiary/aromatic N) is 1. The summed E-state index contributed by atoms with van der Waals surface area (Å²) in [5, 5.41) is 5.23. The number of benzene rings is 3. The molecule has 3 aromatic carbocycles. The van der Waals surface area contributed by atoms with Crippen molar-refractivity contribution in [3.63, 3.8) is 0 Å². The number of carbonyl (C=O) groups excluding carboxylic acids is 1. The Balaban J connectivity index is 1.55. The molecule has 156 valence electrons. The number of carbonyl (C=O) groups is 1. The van der Waals surface area contributed by atoms with Crippen molar-refractivity contribution in [1.82, 2.24) is 10.2 Å². The normalized spacial score (nSPS) is 15.1. The highest BCUT2D eigenvalue weighted by Crippen LogP contribution is 2.28. The van der Waals surface area contributed by atoms with E-state index in [1.807, 2.05) is 48.5 Å². The zero-order chi connectivity index (χ0) is 20.9. The molecule has 0 bridgehead atoms. The van der Waals surface area contributed by atoms with Crippen LogP contribution in [0, 0.1) is 0 Å². The van der Waals surface area contributed by atoms with Crippen LogP contribution in [0.1, 0.15) is 34.8 Å². The van der Waals surface area contributed by atoms with Gasteiger partial charge in [0.25, 0.3) is 5.91 Å². The number of rotatable bonds is 7. The number of ether oxygens (including phenoxy) is 2. The van der Waals surface area contributed by atoms with Gasteiger partial charge < -0.3 is 14.8 Å². The molecule has 1 N–H and O–H groups in total. The first-order valence-electron chi connectivity index (χ1n) is 10.4. The van der Waals surface area contributed by atoms with E-state index in [0.29, 0.717) is 17.9 Å². The fourth-order valence-corrected chi connectivity index (χ4v) is 4.19. The lowest BCUT2D eigenvalue weighted by molar-refractivity contribution is 0.0935. The van der Waals surface area contributed by atoms with Crippen LogP contribution < -0.4 is 14.8 Å². The summed E-state index contributed by atoms with van der Waals surface area (Å²) >= 11 is 0. The highest BCUT2D eigenvalue weighted by molar-refractivity contribution is 6.01. The lowest BCUT2D eigenvalue weighted by atomic mass is 10.0. The number of hydrogen-bond donors (Lipinski definition) is 1. The van der Waals surface area contributed by atoms with Gasteiger partial charge >= 0.3 is 0 Å². The Morgan fingerprint density at radius 2 is 1.63 bits per heavy atom. The van der Waals surface area contributed by atoms with E-state index in [1.165, 1.54) is 18.4 Å². The van der Waals surface area contributed by atoms with Gasteiger partial charge in [0.05, 0.1) is 25.8 Å². The summed E-state index contributed by atoms with van der Waals surface area (Å²) in [6.45, 7) is 2.64. The largest absolute Gasteiger partial charge is 0.497 e. The number of hydrogen-bond acceptors (Lipinski definition) is 4. The van der Waals surface area contributed by atoms with E-state index in [2.05, 4.69) is 22.3 Å². The van der Waals surface area contributed by atoms with Crippen LogP contribution in [0.25, 0.3) is 10.8 Å². The van der Waals surface area contributed by atoms with E-state index in [0.717, 1.165) is 29.6 Å². The van der Waals surface area contributed by atoms with E-state index in [9.17, 15) is 4.79 Å². The second-order valence-electron chi connectivity index (χ2n) is 7.64. The summed E-state index contributed by atoms with van der Waals surface area (Å²) in [6, 6.07) is 20.1. The Bertz CT molecular complexity index is 1010. The van der Waals surface area contributed by atoms with Crippen LogP contribution >= 0.6 is 0 Å². The van der Waals surface area contributed by atoms with Gasteiger partial charge in [0, 0.05) is 6.54 Å². The Labute approximate surface area is 177 Å². The maximum atomic E-state index is 13.1. The molecule has 0 aliphatic carbocycles. The number of fused-ring (bicyclic) bond motifs is 1. The lowest BCUT2D eigenvalue weighted by Gasteiger charge is -2.28. The molecule has 0 radical (unpaired) electrons. The van der Waals surface area contributed by atoms with Crippen molar-refractivity contribution in [2.75, 3.05) is 33.9 Å². The minimum atomic E-state index is -0.115. The molecule has 0 saturated carbocycles. The van der Waals surface area contributed by atoms with E-state index in [-0.39, 0.29) is 11.9 Å². The average Bonchev–Trinajstić information content (AvgIpc) is 3.33. The predicted octanol–water partition coefficient (Wildman–Crippen LogP) is 4.42. The van der Waals surface area contributed by atoms with Crippen molar-refractivity contribution in [2.45, 2.75) is 18.9 Å². The SMILES string of the molecule is COc1ccc([C@@H](CNC(=O)c2cc3ccccc3cc2OC)N2CCCC2)cc1. The van der Waals surface area contributed by atoms with Crippen LogP contribution in [0.3, 0.4) is 0 Å². The first-order valence-corrected chi connectivity index (χ1v) is 10.4. The van der Waals surface area contributed by atoms with Gasteiger partial charge in [-0.15, -0.1) is 0 Å². The molecular weight excluding hydrogens is 376 g/mol. The molecule has 5 nitrogen and oxygen atoms in total. The van der Waals surface area contributed by atoms with E-state index >= 15 is 0 Å². The third-order valence-corrected chi connectivity index (χ3v) is 5.85. The van der Waals surface area contributed by atoms with Gasteiger partial charge in [-0.2, -0.15) is 0 Å². The number of nitrogens with one attached hydrogen (secondary N) is 1. The average molecular weight is 405 g/mol. The van der Waals surface area contributed by atoms with Crippen molar-refractivity contribution in [3.8, 4) is 11.5 Å².